The molecule has 1 aromatic heterocycles. The lowest BCUT2D eigenvalue weighted by molar-refractivity contribution is -0.139. The monoisotopic (exact) mass is 480 g/mol. The third-order valence-corrected chi connectivity index (χ3v) is 5.97. The van der Waals surface area contributed by atoms with Gasteiger partial charge in [-0.2, -0.15) is 13.2 Å². The largest absolute Gasteiger partial charge is 0.476 e. The summed E-state index contributed by atoms with van der Waals surface area (Å²) in [6.07, 6.45) is -1.74. The maximum Gasteiger partial charge on any atom is 0.423 e. The number of nitrogens with one attached hydrogen (secondary N) is 1. The van der Waals surface area contributed by atoms with Crippen LogP contribution in [0.5, 0.6) is 0 Å². The van der Waals surface area contributed by atoms with Crippen LogP contribution in [-0.4, -0.2) is 45.1 Å². The molecular weight excluding hydrogens is 457 g/mol. The molecule has 2 heterocycles. The van der Waals surface area contributed by atoms with Crippen molar-refractivity contribution < 1.29 is 27.4 Å². The molecule has 1 aromatic rings. The summed E-state index contributed by atoms with van der Waals surface area (Å²) >= 11 is 6.54. The van der Waals surface area contributed by atoms with Crippen molar-refractivity contribution in [3.05, 3.63) is 32.6 Å². The van der Waals surface area contributed by atoms with Gasteiger partial charge in [-0.25, -0.2) is 4.79 Å². The first kappa shape index (κ1) is 25.5. The standard InChI is InChI=1S/C19H23F3N2O5S2/c1-5-6-27-12-7-14(24-8-11(19(20,21)22)15(25)23-16(24)26)29-13(12)9-28-17(30)31-10-18(2,3)4/h1,8,12-14H,6-7,9-10H2,2-4H3,(H,23,25,26)/t12-,13+,14+/m0/s1. The van der Waals surface area contributed by atoms with Crippen LogP contribution in [0.2, 0.25) is 0 Å². The molecule has 0 spiro atoms. The van der Waals surface area contributed by atoms with Crippen molar-refractivity contribution in [1.82, 2.24) is 9.55 Å². The Balaban J connectivity index is 2.16. The summed E-state index contributed by atoms with van der Waals surface area (Å²) in [5.41, 5.74) is -4.02. The lowest BCUT2D eigenvalue weighted by Gasteiger charge is -2.20. The molecule has 1 aliphatic rings. The van der Waals surface area contributed by atoms with Gasteiger partial charge >= 0.3 is 11.9 Å². The van der Waals surface area contributed by atoms with Crippen LogP contribution >= 0.6 is 24.0 Å². The van der Waals surface area contributed by atoms with Crippen LogP contribution in [0.25, 0.3) is 0 Å². The predicted molar refractivity (Wildman–Crippen MR) is 114 cm³/mol. The summed E-state index contributed by atoms with van der Waals surface area (Å²) in [4.78, 5) is 25.3. The summed E-state index contributed by atoms with van der Waals surface area (Å²) in [6, 6.07) is 0. The van der Waals surface area contributed by atoms with E-state index in [0.717, 1.165) is 5.75 Å². The van der Waals surface area contributed by atoms with E-state index in [2.05, 4.69) is 5.92 Å². The van der Waals surface area contributed by atoms with E-state index in [1.54, 1.807) is 4.98 Å². The maximum atomic E-state index is 13.1. The van der Waals surface area contributed by atoms with Crippen molar-refractivity contribution in [2.24, 2.45) is 5.41 Å². The van der Waals surface area contributed by atoms with Crippen LogP contribution < -0.4 is 11.2 Å². The molecule has 0 aliphatic carbocycles. The molecule has 2 rings (SSSR count). The molecule has 0 aromatic carbocycles. The number of nitrogens with zero attached hydrogens (tertiary/aromatic N) is 1. The van der Waals surface area contributed by atoms with Crippen LogP contribution in [0, 0.1) is 17.8 Å². The van der Waals surface area contributed by atoms with Crippen molar-refractivity contribution in [2.75, 3.05) is 19.0 Å². The number of thiocarbonyl (C=S) groups is 1. The van der Waals surface area contributed by atoms with Crippen LogP contribution in [-0.2, 0) is 20.4 Å². The van der Waals surface area contributed by atoms with E-state index in [1.165, 1.54) is 11.8 Å². The molecule has 3 atom stereocenters. The number of aromatic amines is 1. The summed E-state index contributed by atoms with van der Waals surface area (Å²) in [6.45, 7) is 6.05. The van der Waals surface area contributed by atoms with Gasteiger partial charge in [-0.1, -0.05) is 38.5 Å². The number of hydrogen-bond acceptors (Lipinski definition) is 7. The van der Waals surface area contributed by atoms with Gasteiger partial charge in [0, 0.05) is 18.4 Å². The highest BCUT2D eigenvalue weighted by atomic mass is 32.2. The minimum atomic E-state index is -4.93. The lowest BCUT2D eigenvalue weighted by atomic mass is 10.0. The molecule has 1 fully saturated rings. The van der Waals surface area contributed by atoms with E-state index in [4.69, 9.17) is 32.9 Å². The van der Waals surface area contributed by atoms with Crippen molar-refractivity contribution in [1.29, 1.82) is 0 Å². The molecule has 1 saturated heterocycles. The van der Waals surface area contributed by atoms with Gasteiger partial charge in [0.05, 0.1) is 6.10 Å². The van der Waals surface area contributed by atoms with Gasteiger partial charge in [0.2, 0.25) is 4.38 Å². The molecule has 0 bridgehead atoms. The fraction of sp³-hybridized carbons (Fsp3) is 0.632. The fourth-order valence-corrected chi connectivity index (χ4v) is 3.67. The molecule has 1 N–H and O–H groups in total. The second kappa shape index (κ2) is 10.2. The Morgan fingerprint density at radius 2 is 2.10 bits per heavy atom. The van der Waals surface area contributed by atoms with E-state index in [9.17, 15) is 22.8 Å². The van der Waals surface area contributed by atoms with Gasteiger partial charge < -0.3 is 14.2 Å². The number of hydrogen-bond donors (Lipinski definition) is 1. The molecule has 0 radical (unpaired) electrons. The van der Waals surface area contributed by atoms with E-state index >= 15 is 0 Å². The van der Waals surface area contributed by atoms with Gasteiger partial charge in [-0.15, -0.1) is 6.42 Å². The first-order chi connectivity index (χ1) is 14.3. The number of aromatic nitrogens is 2. The number of halogens is 3. The average molecular weight is 481 g/mol. The highest BCUT2D eigenvalue weighted by molar-refractivity contribution is 8.22. The van der Waals surface area contributed by atoms with E-state index in [-0.39, 0.29) is 25.0 Å². The molecule has 0 amide bonds. The smallest absolute Gasteiger partial charge is 0.423 e. The number of ether oxygens (including phenoxy) is 3. The number of rotatable bonds is 6. The van der Waals surface area contributed by atoms with Crippen LogP contribution in [0.15, 0.2) is 15.8 Å². The summed E-state index contributed by atoms with van der Waals surface area (Å²) in [7, 11) is 0. The van der Waals surface area contributed by atoms with Crippen molar-refractivity contribution in [3.8, 4) is 12.3 Å². The van der Waals surface area contributed by atoms with Gasteiger partial charge in [-0.05, 0) is 17.6 Å². The third-order valence-electron chi connectivity index (χ3n) is 4.13. The minimum absolute atomic E-state index is 0.0286. The second-order valence-corrected chi connectivity index (χ2v) is 9.61. The Labute approximate surface area is 186 Å². The zero-order valence-corrected chi connectivity index (χ0v) is 18.8. The lowest BCUT2D eigenvalue weighted by Crippen LogP contribution is -2.36. The normalized spacial score (nSPS) is 21.6. The molecule has 172 valence electrons. The molecule has 12 heteroatoms. The topological polar surface area (TPSA) is 82.6 Å². The van der Waals surface area contributed by atoms with E-state index in [0.29, 0.717) is 15.1 Å². The third kappa shape index (κ3) is 7.38. The Kier molecular flexibility index (Phi) is 8.38. The average Bonchev–Trinajstić information content (AvgIpc) is 3.04. The number of thioether (sulfide) groups is 1. The van der Waals surface area contributed by atoms with Gasteiger partial charge in [0.15, 0.2) is 0 Å². The summed E-state index contributed by atoms with van der Waals surface area (Å²) < 4.78 is 57.0. The highest BCUT2D eigenvalue weighted by Gasteiger charge is 2.40. The van der Waals surface area contributed by atoms with Crippen LogP contribution in [0.3, 0.4) is 0 Å². The first-order valence-corrected chi connectivity index (χ1v) is 10.6. The van der Waals surface area contributed by atoms with Crippen molar-refractivity contribution in [2.45, 2.75) is 51.8 Å². The quantitative estimate of drug-likeness (QED) is 0.495. The first-order valence-electron chi connectivity index (χ1n) is 9.24. The molecular formula is C19H23F3N2O5S2. The zero-order valence-electron chi connectivity index (χ0n) is 17.2. The zero-order chi connectivity index (χ0) is 23.4. The van der Waals surface area contributed by atoms with E-state index < -0.39 is 41.4 Å². The Morgan fingerprint density at radius 1 is 1.42 bits per heavy atom. The number of alkyl halides is 3. The summed E-state index contributed by atoms with van der Waals surface area (Å²) in [5.74, 6) is 3.03. The molecule has 0 saturated carbocycles. The SMILES string of the molecule is C#CCO[C@H]1C[C@H](n2cc(C(F)(F)F)c(=O)[nH]c2=O)O[C@@H]1COC(=S)SCC(C)(C)C. The molecule has 1 aliphatic heterocycles. The Hall–Kier alpha value is -1.81. The van der Waals surface area contributed by atoms with Gasteiger partial charge in [0.25, 0.3) is 5.56 Å². The predicted octanol–water partition coefficient (Wildman–Crippen LogP) is 2.94. The fourth-order valence-electron chi connectivity index (χ4n) is 2.72. The highest BCUT2D eigenvalue weighted by Crippen LogP contribution is 2.32. The Bertz CT molecular complexity index is 946. The van der Waals surface area contributed by atoms with Crippen LogP contribution in [0.4, 0.5) is 13.2 Å². The second-order valence-electron chi connectivity index (χ2n) is 8.04. The molecule has 31 heavy (non-hydrogen) atoms. The van der Waals surface area contributed by atoms with Crippen LogP contribution in [0.1, 0.15) is 39.0 Å². The van der Waals surface area contributed by atoms with E-state index in [1.807, 2.05) is 20.8 Å². The van der Waals surface area contributed by atoms with Crippen molar-refractivity contribution in [3.63, 3.8) is 0 Å². The number of H-pyrrole nitrogens is 1. The summed E-state index contributed by atoms with van der Waals surface area (Å²) in [5, 5.41) is 0. The van der Waals surface area contributed by atoms with Crippen molar-refractivity contribution >= 4 is 28.4 Å². The molecule has 0 unspecified atom stereocenters. The van der Waals surface area contributed by atoms with Gasteiger partial charge in [-0.3, -0.25) is 14.3 Å². The Morgan fingerprint density at radius 3 is 2.68 bits per heavy atom. The maximum absolute atomic E-state index is 13.1. The minimum Gasteiger partial charge on any atom is -0.476 e. The van der Waals surface area contributed by atoms with Gasteiger partial charge in [0.1, 0.15) is 31.1 Å². The number of terminal acetylenes is 1. The molecule has 7 nitrogen and oxygen atoms in total.